The molecular weight excluding hydrogens is 232 g/mol. The fourth-order valence-corrected chi connectivity index (χ4v) is 2.64. The Kier molecular flexibility index (Phi) is 4.22. The third kappa shape index (κ3) is 3.02. The van der Waals surface area contributed by atoms with E-state index in [1.807, 2.05) is 4.90 Å². The molecule has 0 aromatic heterocycles. The monoisotopic (exact) mass is 254 g/mol. The maximum Gasteiger partial charge on any atom is 0.226 e. The molecule has 5 nitrogen and oxygen atoms in total. The highest BCUT2D eigenvalue weighted by molar-refractivity contribution is 5.80. The molecule has 0 atom stereocenters. The largest absolute Gasteiger partial charge is 0.395 e. The number of carbonyl (C=O) groups excluding carboxylic acids is 2. The summed E-state index contributed by atoms with van der Waals surface area (Å²) in [5.41, 5.74) is 0. The number of aliphatic hydroxyl groups is 1. The van der Waals surface area contributed by atoms with Gasteiger partial charge < -0.3 is 14.9 Å². The molecule has 1 saturated carbocycles. The first kappa shape index (κ1) is 13.3. The van der Waals surface area contributed by atoms with Crippen molar-refractivity contribution in [2.75, 3.05) is 26.2 Å². The maximum absolute atomic E-state index is 12.4. The normalized spacial score (nSPS) is 20.9. The van der Waals surface area contributed by atoms with Crippen LogP contribution in [0.2, 0.25) is 0 Å². The van der Waals surface area contributed by atoms with E-state index >= 15 is 0 Å². The molecule has 0 aromatic carbocycles. The molecular formula is C13H22N2O3. The van der Waals surface area contributed by atoms with Crippen molar-refractivity contribution < 1.29 is 14.7 Å². The van der Waals surface area contributed by atoms with Crippen LogP contribution in [0.4, 0.5) is 0 Å². The predicted octanol–water partition coefficient (Wildman–Crippen LogP) is 0.228. The van der Waals surface area contributed by atoms with Crippen molar-refractivity contribution in [3.05, 3.63) is 0 Å². The van der Waals surface area contributed by atoms with Crippen molar-refractivity contribution >= 4 is 11.8 Å². The van der Waals surface area contributed by atoms with Crippen molar-refractivity contribution in [2.24, 2.45) is 5.92 Å². The molecule has 0 unspecified atom stereocenters. The zero-order chi connectivity index (χ0) is 13.1. The summed E-state index contributed by atoms with van der Waals surface area (Å²) in [6, 6.07) is 0.357. The molecule has 2 fully saturated rings. The second kappa shape index (κ2) is 5.69. The van der Waals surface area contributed by atoms with Gasteiger partial charge in [-0.3, -0.25) is 9.59 Å². The first-order valence-electron chi connectivity index (χ1n) is 6.80. The van der Waals surface area contributed by atoms with Crippen molar-refractivity contribution in [3.8, 4) is 0 Å². The van der Waals surface area contributed by atoms with Gasteiger partial charge in [-0.2, -0.15) is 0 Å². The van der Waals surface area contributed by atoms with Crippen LogP contribution in [-0.2, 0) is 9.59 Å². The molecule has 1 aliphatic heterocycles. The smallest absolute Gasteiger partial charge is 0.226 e. The number of amides is 2. The average molecular weight is 254 g/mol. The minimum atomic E-state index is 0.0350. The molecule has 5 heteroatoms. The minimum absolute atomic E-state index is 0.0350. The van der Waals surface area contributed by atoms with Crippen LogP contribution in [-0.4, -0.2) is 59.0 Å². The van der Waals surface area contributed by atoms with Gasteiger partial charge in [-0.25, -0.2) is 0 Å². The van der Waals surface area contributed by atoms with Gasteiger partial charge in [0, 0.05) is 38.5 Å². The van der Waals surface area contributed by atoms with Gasteiger partial charge in [0.05, 0.1) is 6.61 Å². The summed E-state index contributed by atoms with van der Waals surface area (Å²) in [5, 5.41) is 9.03. The number of hydrogen-bond donors (Lipinski definition) is 1. The van der Waals surface area contributed by atoms with Crippen molar-refractivity contribution in [1.29, 1.82) is 0 Å². The van der Waals surface area contributed by atoms with Gasteiger partial charge in [-0.15, -0.1) is 0 Å². The minimum Gasteiger partial charge on any atom is -0.395 e. The Morgan fingerprint density at radius 2 is 1.83 bits per heavy atom. The summed E-state index contributed by atoms with van der Waals surface area (Å²) < 4.78 is 0. The van der Waals surface area contributed by atoms with Crippen LogP contribution in [0.5, 0.6) is 0 Å². The third-order valence-corrected chi connectivity index (χ3v) is 3.90. The summed E-state index contributed by atoms with van der Waals surface area (Å²) in [6.45, 7) is 3.43. The van der Waals surface area contributed by atoms with Crippen LogP contribution >= 0.6 is 0 Å². The third-order valence-electron chi connectivity index (χ3n) is 3.90. The average Bonchev–Trinajstić information content (AvgIpc) is 3.19. The molecule has 1 aliphatic carbocycles. The quantitative estimate of drug-likeness (QED) is 0.781. The zero-order valence-electron chi connectivity index (χ0n) is 11.0. The number of piperidine rings is 1. The van der Waals surface area contributed by atoms with Crippen LogP contribution in [0.25, 0.3) is 0 Å². The van der Waals surface area contributed by atoms with Crippen molar-refractivity contribution in [1.82, 2.24) is 9.80 Å². The standard InChI is InChI=1S/C13H22N2O3/c1-10(17)14-6-4-11(5-7-14)13(18)15(8-9-16)12-2-3-12/h11-12,16H,2-9H2,1H3. The van der Waals surface area contributed by atoms with Gasteiger partial charge >= 0.3 is 0 Å². The highest BCUT2D eigenvalue weighted by atomic mass is 16.3. The molecule has 102 valence electrons. The topological polar surface area (TPSA) is 60.9 Å². The number of likely N-dealkylation sites (tertiary alicyclic amines) is 1. The lowest BCUT2D eigenvalue weighted by Crippen LogP contribution is -2.45. The van der Waals surface area contributed by atoms with E-state index in [-0.39, 0.29) is 24.3 Å². The highest BCUT2D eigenvalue weighted by Gasteiger charge is 2.36. The van der Waals surface area contributed by atoms with Crippen LogP contribution in [0.15, 0.2) is 0 Å². The van der Waals surface area contributed by atoms with E-state index < -0.39 is 0 Å². The van der Waals surface area contributed by atoms with Crippen molar-refractivity contribution in [3.63, 3.8) is 0 Å². The molecule has 2 rings (SSSR count). The summed E-state index contributed by atoms with van der Waals surface area (Å²) in [4.78, 5) is 27.2. The molecule has 2 aliphatic rings. The first-order chi connectivity index (χ1) is 8.63. The number of hydrogen-bond acceptors (Lipinski definition) is 3. The Balaban J connectivity index is 1.87. The van der Waals surface area contributed by atoms with Gasteiger partial charge in [0.15, 0.2) is 0 Å². The summed E-state index contributed by atoms with van der Waals surface area (Å²) in [6.07, 6.45) is 3.65. The molecule has 18 heavy (non-hydrogen) atoms. The molecule has 0 radical (unpaired) electrons. The van der Waals surface area contributed by atoms with Gasteiger partial charge in [0.1, 0.15) is 0 Å². The highest BCUT2D eigenvalue weighted by Crippen LogP contribution is 2.30. The zero-order valence-corrected chi connectivity index (χ0v) is 11.0. The Morgan fingerprint density at radius 3 is 2.28 bits per heavy atom. The van der Waals surface area contributed by atoms with Gasteiger partial charge in [0.2, 0.25) is 11.8 Å². The van der Waals surface area contributed by atoms with Gasteiger partial charge in [-0.1, -0.05) is 0 Å². The van der Waals surface area contributed by atoms with E-state index in [9.17, 15) is 9.59 Å². The maximum atomic E-state index is 12.4. The Labute approximate surface area is 108 Å². The SMILES string of the molecule is CC(=O)N1CCC(C(=O)N(CCO)C2CC2)CC1. The summed E-state index contributed by atoms with van der Waals surface area (Å²) in [5.74, 6) is 0.304. The van der Waals surface area contributed by atoms with E-state index in [0.717, 1.165) is 25.7 Å². The Bertz CT molecular complexity index is 320. The Morgan fingerprint density at radius 1 is 1.22 bits per heavy atom. The lowest BCUT2D eigenvalue weighted by molar-refractivity contribution is -0.141. The molecule has 0 bridgehead atoms. The first-order valence-corrected chi connectivity index (χ1v) is 6.80. The van der Waals surface area contributed by atoms with Gasteiger partial charge in [0.25, 0.3) is 0 Å². The van der Waals surface area contributed by atoms with E-state index in [0.29, 0.717) is 25.7 Å². The molecule has 0 spiro atoms. The molecule has 2 amide bonds. The van der Waals surface area contributed by atoms with Crippen LogP contribution in [0.3, 0.4) is 0 Å². The number of nitrogens with zero attached hydrogens (tertiary/aromatic N) is 2. The number of aliphatic hydroxyl groups excluding tert-OH is 1. The van der Waals surface area contributed by atoms with E-state index in [1.165, 1.54) is 0 Å². The predicted molar refractivity (Wildman–Crippen MR) is 66.8 cm³/mol. The van der Waals surface area contributed by atoms with Crippen molar-refractivity contribution in [2.45, 2.75) is 38.6 Å². The lowest BCUT2D eigenvalue weighted by Gasteiger charge is -2.33. The molecule has 1 saturated heterocycles. The van der Waals surface area contributed by atoms with E-state index in [4.69, 9.17) is 5.11 Å². The van der Waals surface area contributed by atoms with Gasteiger partial charge in [-0.05, 0) is 25.7 Å². The second-order valence-electron chi connectivity index (χ2n) is 5.27. The number of carbonyl (C=O) groups is 2. The molecule has 0 aromatic rings. The van der Waals surface area contributed by atoms with Crippen LogP contribution in [0, 0.1) is 5.92 Å². The second-order valence-corrected chi connectivity index (χ2v) is 5.27. The van der Waals surface area contributed by atoms with Crippen LogP contribution in [0.1, 0.15) is 32.6 Å². The Hall–Kier alpha value is -1.10. The van der Waals surface area contributed by atoms with E-state index in [1.54, 1.807) is 11.8 Å². The summed E-state index contributed by atoms with van der Waals surface area (Å²) in [7, 11) is 0. The summed E-state index contributed by atoms with van der Waals surface area (Å²) >= 11 is 0. The van der Waals surface area contributed by atoms with E-state index in [2.05, 4.69) is 0 Å². The molecule has 1 heterocycles. The molecule has 1 N–H and O–H groups in total. The number of rotatable bonds is 4. The fourth-order valence-electron chi connectivity index (χ4n) is 2.64. The lowest BCUT2D eigenvalue weighted by atomic mass is 9.95. The fraction of sp³-hybridized carbons (Fsp3) is 0.846. The van der Waals surface area contributed by atoms with Crippen LogP contribution < -0.4 is 0 Å².